The third-order valence-electron chi connectivity index (χ3n) is 2.03. The Morgan fingerprint density at radius 1 is 1.20 bits per heavy atom. The van der Waals surface area contributed by atoms with E-state index < -0.39 is 17.5 Å². The van der Waals surface area contributed by atoms with Crippen LogP contribution in [0.5, 0.6) is 0 Å². The molecule has 4 heteroatoms. The predicted molar refractivity (Wildman–Crippen MR) is 54.3 cm³/mol. The van der Waals surface area contributed by atoms with Gasteiger partial charge in [0.05, 0.1) is 5.69 Å². The van der Waals surface area contributed by atoms with Gasteiger partial charge in [-0.25, -0.2) is 13.2 Å². The van der Waals surface area contributed by atoms with E-state index in [1.54, 1.807) is 0 Å². The zero-order valence-corrected chi connectivity index (χ0v) is 8.78. The quantitative estimate of drug-likeness (QED) is 0.760. The van der Waals surface area contributed by atoms with Crippen molar-refractivity contribution in [3.63, 3.8) is 0 Å². The lowest BCUT2D eigenvalue weighted by atomic mass is 10.1. The molecule has 0 heterocycles. The Morgan fingerprint density at radius 3 is 2.47 bits per heavy atom. The summed E-state index contributed by atoms with van der Waals surface area (Å²) in [5, 5.41) is 2.67. The summed E-state index contributed by atoms with van der Waals surface area (Å²) in [4.78, 5) is 0. The Kier molecular flexibility index (Phi) is 4.00. The van der Waals surface area contributed by atoms with Gasteiger partial charge in [-0.05, 0) is 12.3 Å². The van der Waals surface area contributed by atoms with Crippen LogP contribution in [0.25, 0.3) is 0 Å². The molecule has 0 radical (unpaired) electrons. The zero-order valence-electron chi connectivity index (χ0n) is 8.78. The summed E-state index contributed by atoms with van der Waals surface area (Å²) in [6.45, 7) is 4.53. The first-order chi connectivity index (χ1) is 7.00. The number of hydrogen-bond donors (Lipinski definition) is 1. The second-order valence-electron chi connectivity index (χ2n) is 3.86. The standard InChI is InChI=1S/C11H14F3N/c1-7(2)3-4-15-10-6-8(12)5-9(13)11(10)14/h5-7,15H,3-4H2,1-2H3. The van der Waals surface area contributed by atoms with Gasteiger partial charge in [0.1, 0.15) is 5.82 Å². The Balaban J connectivity index is 2.68. The largest absolute Gasteiger partial charge is 0.382 e. The van der Waals surface area contributed by atoms with Gasteiger partial charge in [-0.1, -0.05) is 13.8 Å². The van der Waals surface area contributed by atoms with E-state index >= 15 is 0 Å². The van der Waals surface area contributed by atoms with Crippen molar-refractivity contribution in [2.75, 3.05) is 11.9 Å². The molecule has 1 aromatic rings. The molecule has 0 atom stereocenters. The first-order valence-electron chi connectivity index (χ1n) is 4.89. The Hall–Kier alpha value is -1.19. The average molecular weight is 217 g/mol. The predicted octanol–water partition coefficient (Wildman–Crippen LogP) is 3.56. The summed E-state index contributed by atoms with van der Waals surface area (Å²) < 4.78 is 38.6. The van der Waals surface area contributed by atoms with Gasteiger partial charge in [-0.3, -0.25) is 0 Å². The zero-order chi connectivity index (χ0) is 11.4. The van der Waals surface area contributed by atoms with E-state index in [-0.39, 0.29) is 5.69 Å². The Morgan fingerprint density at radius 2 is 1.87 bits per heavy atom. The van der Waals surface area contributed by atoms with E-state index in [4.69, 9.17) is 0 Å². The summed E-state index contributed by atoms with van der Waals surface area (Å²) in [5.74, 6) is -2.51. The van der Waals surface area contributed by atoms with Gasteiger partial charge in [-0.15, -0.1) is 0 Å². The smallest absolute Gasteiger partial charge is 0.182 e. The number of halogens is 3. The molecule has 0 aliphatic carbocycles. The van der Waals surface area contributed by atoms with Crippen LogP contribution in [0, 0.1) is 23.4 Å². The van der Waals surface area contributed by atoms with Crippen LogP contribution < -0.4 is 5.32 Å². The van der Waals surface area contributed by atoms with E-state index in [1.165, 1.54) is 0 Å². The van der Waals surface area contributed by atoms with Crippen molar-refractivity contribution in [2.24, 2.45) is 5.92 Å². The average Bonchev–Trinajstić information content (AvgIpc) is 2.12. The van der Waals surface area contributed by atoms with Crippen molar-refractivity contribution < 1.29 is 13.2 Å². The molecule has 0 amide bonds. The van der Waals surface area contributed by atoms with E-state index in [0.717, 1.165) is 12.5 Å². The molecular weight excluding hydrogens is 203 g/mol. The minimum absolute atomic E-state index is 0.117. The second-order valence-corrected chi connectivity index (χ2v) is 3.86. The van der Waals surface area contributed by atoms with Crippen molar-refractivity contribution in [1.29, 1.82) is 0 Å². The molecule has 1 aromatic carbocycles. The SMILES string of the molecule is CC(C)CCNc1cc(F)cc(F)c1F. The van der Waals surface area contributed by atoms with Gasteiger partial charge in [-0.2, -0.15) is 0 Å². The molecule has 0 saturated heterocycles. The Bertz CT molecular complexity index is 337. The molecule has 0 spiro atoms. The normalized spacial score (nSPS) is 10.8. The van der Waals surface area contributed by atoms with Gasteiger partial charge < -0.3 is 5.32 Å². The van der Waals surface area contributed by atoms with Crippen LogP contribution in [0.1, 0.15) is 20.3 Å². The monoisotopic (exact) mass is 217 g/mol. The van der Waals surface area contributed by atoms with Gasteiger partial charge in [0.25, 0.3) is 0 Å². The molecular formula is C11H14F3N. The lowest BCUT2D eigenvalue weighted by Gasteiger charge is -2.09. The van der Waals surface area contributed by atoms with Crippen molar-refractivity contribution >= 4 is 5.69 Å². The minimum atomic E-state index is -1.16. The molecule has 0 aromatic heterocycles. The molecule has 1 N–H and O–H groups in total. The van der Waals surface area contributed by atoms with Crippen molar-refractivity contribution in [1.82, 2.24) is 0 Å². The summed E-state index contributed by atoms with van der Waals surface area (Å²) in [5.41, 5.74) is -0.117. The third-order valence-corrected chi connectivity index (χ3v) is 2.03. The summed E-state index contributed by atoms with van der Waals surface area (Å²) in [6, 6.07) is 1.49. The maximum Gasteiger partial charge on any atom is 0.182 e. The molecule has 1 rings (SSSR count). The van der Waals surface area contributed by atoms with Crippen molar-refractivity contribution in [3.8, 4) is 0 Å². The maximum atomic E-state index is 13.1. The minimum Gasteiger partial charge on any atom is -0.382 e. The third kappa shape index (κ3) is 3.46. The van der Waals surface area contributed by atoms with Gasteiger partial charge >= 0.3 is 0 Å². The van der Waals surface area contributed by atoms with Crippen molar-refractivity contribution in [2.45, 2.75) is 20.3 Å². The lowest BCUT2D eigenvalue weighted by Crippen LogP contribution is -2.07. The number of rotatable bonds is 4. The molecule has 1 nitrogen and oxygen atoms in total. The number of benzene rings is 1. The molecule has 0 aliphatic rings. The highest BCUT2D eigenvalue weighted by Gasteiger charge is 2.10. The fourth-order valence-corrected chi connectivity index (χ4v) is 1.18. The first kappa shape index (κ1) is 11.9. The van der Waals surface area contributed by atoms with E-state index in [1.807, 2.05) is 13.8 Å². The topological polar surface area (TPSA) is 12.0 Å². The fraction of sp³-hybridized carbons (Fsp3) is 0.455. The molecule has 0 saturated carbocycles. The summed E-state index contributed by atoms with van der Waals surface area (Å²) in [7, 11) is 0. The number of nitrogens with one attached hydrogen (secondary N) is 1. The highest BCUT2D eigenvalue weighted by atomic mass is 19.2. The van der Waals surface area contributed by atoms with Gasteiger partial charge in [0.2, 0.25) is 0 Å². The molecule has 84 valence electrons. The van der Waals surface area contributed by atoms with Gasteiger partial charge in [0.15, 0.2) is 11.6 Å². The highest BCUT2D eigenvalue weighted by molar-refractivity contribution is 5.45. The summed E-state index contributed by atoms with van der Waals surface area (Å²) in [6.07, 6.45) is 0.817. The van der Waals surface area contributed by atoms with Crippen LogP contribution in [-0.4, -0.2) is 6.54 Å². The molecule has 15 heavy (non-hydrogen) atoms. The summed E-state index contributed by atoms with van der Waals surface area (Å²) >= 11 is 0. The van der Waals surface area contributed by atoms with Crippen LogP contribution in [0.3, 0.4) is 0 Å². The van der Waals surface area contributed by atoms with E-state index in [2.05, 4.69) is 5.32 Å². The van der Waals surface area contributed by atoms with E-state index in [0.29, 0.717) is 18.5 Å². The molecule has 0 unspecified atom stereocenters. The highest BCUT2D eigenvalue weighted by Crippen LogP contribution is 2.19. The van der Waals surface area contributed by atoms with Crippen LogP contribution in [0.2, 0.25) is 0 Å². The van der Waals surface area contributed by atoms with Crippen LogP contribution >= 0.6 is 0 Å². The number of hydrogen-bond acceptors (Lipinski definition) is 1. The van der Waals surface area contributed by atoms with Crippen LogP contribution in [-0.2, 0) is 0 Å². The van der Waals surface area contributed by atoms with Crippen LogP contribution in [0.4, 0.5) is 18.9 Å². The maximum absolute atomic E-state index is 13.1. The lowest BCUT2D eigenvalue weighted by molar-refractivity contribution is 0.496. The molecule has 0 fully saturated rings. The second kappa shape index (κ2) is 5.05. The van der Waals surface area contributed by atoms with Gasteiger partial charge in [0, 0.05) is 18.7 Å². The Labute approximate surface area is 87.3 Å². The fourth-order valence-electron chi connectivity index (χ4n) is 1.18. The number of anilines is 1. The van der Waals surface area contributed by atoms with Crippen LogP contribution in [0.15, 0.2) is 12.1 Å². The van der Waals surface area contributed by atoms with Crippen molar-refractivity contribution in [3.05, 3.63) is 29.6 Å². The molecule has 0 aliphatic heterocycles. The van der Waals surface area contributed by atoms with E-state index in [9.17, 15) is 13.2 Å². The molecule has 0 bridgehead atoms. The first-order valence-corrected chi connectivity index (χ1v) is 4.89.